The highest BCUT2D eigenvalue weighted by molar-refractivity contribution is 5.09. The van der Waals surface area contributed by atoms with Crippen LogP contribution in [0.1, 0.15) is 39.5 Å². The minimum atomic E-state index is -0.367. The summed E-state index contributed by atoms with van der Waals surface area (Å²) in [6.45, 7) is 5.15. The molecule has 1 rings (SSSR count). The Labute approximate surface area is 92.5 Å². The summed E-state index contributed by atoms with van der Waals surface area (Å²) in [6, 6.07) is 2.39. The summed E-state index contributed by atoms with van der Waals surface area (Å²) >= 11 is 0. The molecule has 0 atom stereocenters. The van der Waals surface area contributed by atoms with Crippen LogP contribution in [0.4, 0.5) is 0 Å². The van der Waals surface area contributed by atoms with E-state index >= 15 is 0 Å². The first-order valence-electron chi connectivity index (χ1n) is 5.91. The lowest BCUT2D eigenvalue weighted by atomic mass is 9.73. The third-order valence-corrected chi connectivity index (χ3v) is 3.62. The number of β-amino-alcohol motifs (C(OH)–C–C–N with tert-alkyl or cyclic N) is 1. The zero-order valence-electron chi connectivity index (χ0n) is 9.79. The lowest BCUT2D eigenvalue weighted by Crippen LogP contribution is -2.48. The number of aliphatic hydroxyl groups excluding tert-OH is 1. The quantitative estimate of drug-likeness (QED) is 0.742. The molecule has 1 fully saturated rings. The van der Waals surface area contributed by atoms with E-state index in [1.807, 2.05) is 0 Å². The molecular formula is C12H22N2O. The third kappa shape index (κ3) is 3.19. The van der Waals surface area contributed by atoms with Gasteiger partial charge in [-0.15, -0.1) is 0 Å². The Balaban J connectivity index is 2.48. The largest absolute Gasteiger partial charge is 0.395 e. The Bertz CT molecular complexity index is 224. The Morgan fingerprint density at radius 3 is 2.47 bits per heavy atom. The van der Waals surface area contributed by atoms with E-state index in [1.165, 1.54) is 0 Å². The van der Waals surface area contributed by atoms with E-state index in [2.05, 4.69) is 25.2 Å². The average molecular weight is 210 g/mol. The SMILES string of the molecule is CC(C)C1CCC(C#N)(NCCO)CC1. The molecule has 0 aromatic carbocycles. The summed E-state index contributed by atoms with van der Waals surface area (Å²) in [5, 5.41) is 21.2. The fourth-order valence-corrected chi connectivity index (χ4v) is 2.42. The Kier molecular flexibility index (Phi) is 4.56. The van der Waals surface area contributed by atoms with Crippen LogP contribution in [0.5, 0.6) is 0 Å². The summed E-state index contributed by atoms with van der Waals surface area (Å²) in [5.41, 5.74) is -0.367. The number of aliphatic hydroxyl groups is 1. The van der Waals surface area contributed by atoms with Crippen LogP contribution in [0.3, 0.4) is 0 Å². The van der Waals surface area contributed by atoms with Gasteiger partial charge < -0.3 is 5.11 Å². The van der Waals surface area contributed by atoms with Crippen LogP contribution >= 0.6 is 0 Å². The maximum atomic E-state index is 9.20. The van der Waals surface area contributed by atoms with Crippen molar-refractivity contribution in [3.63, 3.8) is 0 Å². The molecule has 0 bridgehead atoms. The molecule has 15 heavy (non-hydrogen) atoms. The highest BCUT2D eigenvalue weighted by atomic mass is 16.3. The van der Waals surface area contributed by atoms with Crippen molar-refractivity contribution in [3.8, 4) is 6.07 Å². The number of nitrogens with zero attached hydrogens (tertiary/aromatic N) is 1. The molecule has 0 aromatic rings. The van der Waals surface area contributed by atoms with Crippen molar-refractivity contribution in [1.29, 1.82) is 5.26 Å². The van der Waals surface area contributed by atoms with E-state index in [9.17, 15) is 5.26 Å². The summed E-state index contributed by atoms with van der Waals surface area (Å²) in [7, 11) is 0. The number of hydrogen-bond donors (Lipinski definition) is 2. The van der Waals surface area contributed by atoms with Gasteiger partial charge in [-0.25, -0.2) is 0 Å². The summed E-state index contributed by atoms with van der Waals surface area (Å²) in [5.74, 6) is 1.49. The first-order chi connectivity index (χ1) is 7.13. The third-order valence-electron chi connectivity index (χ3n) is 3.62. The van der Waals surface area contributed by atoms with E-state index in [0.29, 0.717) is 6.54 Å². The van der Waals surface area contributed by atoms with Crippen LogP contribution in [-0.4, -0.2) is 23.8 Å². The first kappa shape index (κ1) is 12.5. The van der Waals surface area contributed by atoms with Gasteiger partial charge in [0.1, 0.15) is 5.54 Å². The van der Waals surface area contributed by atoms with Gasteiger partial charge in [-0.2, -0.15) is 5.26 Å². The molecule has 1 aliphatic rings. The molecule has 1 aliphatic carbocycles. The highest BCUT2D eigenvalue weighted by Gasteiger charge is 2.35. The van der Waals surface area contributed by atoms with Crippen molar-refractivity contribution in [2.24, 2.45) is 11.8 Å². The van der Waals surface area contributed by atoms with Gasteiger partial charge in [0, 0.05) is 6.54 Å². The standard InChI is InChI=1S/C12H22N2O/c1-10(2)11-3-5-12(9-13,6-4-11)14-7-8-15/h10-11,14-15H,3-8H2,1-2H3. The van der Waals surface area contributed by atoms with Crippen LogP contribution in [0.15, 0.2) is 0 Å². The van der Waals surface area contributed by atoms with E-state index in [4.69, 9.17) is 5.11 Å². The van der Waals surface area contributed by atoms with Gasteiger partial charge in [-0.3, -0.25) is 5.32 Å². The second-order valence-electron chi connectivity index (χ2n) is 4.93. The zero-order chi connectivity index (χ0) is 11.3. The van der Waals surface area contributed by atoms with Gasteiger partial charge in [0.05, 0.1) is 12.7 Å². The van der Waals surface area contributed by atoms with Crippen molar-refractivity contribution in [3.05, 3.63) is 0 Å². The van der Waals surface area contributed by atoms with E-state index in [0.717, 1.165) is 37.5 Å². The molecule has 0 heterocycles. The molecule has 3 nitrogen and oxygen atoms in total. The fraction of sp³-hybridized carbons (Fsp3) is 0.917. The number of rotatable bonds is 4. The Morgan fingerprint density at radius 2 is 2.07 bits per heavy atom. The summed E-state index contributed by atoms with van der Waals surface area (Å²) in [6.07, 6.45) is 4.10. The number of hydrogen-bond acceptors (Lipinski definition) is 3. The van der Waals surface area contributed by atoms with E-state index < -0.39 is 0 Å². The molecule has 0 radical (unpaired) electrons. The van der Waals surface area contributed by atoms with Gasteiger partial charge in [0.2, 0.25) is 0 Å². The molecule has 3 heteroatoms. The molecule has 0 aromatic heterocycles. The van der Waals surface area contributed by atoms with Crippen LogP contribution < -0.4 is 5.32 Å². The summed E-state index contributed by atoms with van der Waals surface area (Å²) in [4.78, 5) is 0. The van der Waals surface area contributed by atoms with Crippen molar-refractivity contribution >= 4 is 0 Å². The van der Waals surface area contributed by atoms with Gasteiger partial charge in [-0.05, 0) is 37.5 Å². The topological polar surface area (TPSA) is 56.0 Å². The van der Waals surface area contributed by atoms with Crippen LogP contribution in [0, 0.1) is 23.2 Å². The molecule has 0 aliphatic heterocycles. The normalized spacial score (nSPS) is 31.5. The van der Waals surface area contributed by atoms with Crippen LogP contribution in [0.2, 0.25) is 0 Å². The van der Waals surface area contributed by atoms with Gasteiger partial charge >= 0.3 is 0 Å². The van der Waals surface area contributed by atoms with Gasteiger partial charge in [-0.1, -0.05) is 13.8 Å². The predicted octanol–water partition coefficient (Wildman–Crippen LogP) is 1.68. The van der Waals surface area contributed by atoms with Gasteiger partial charge in [0.25, 0.3) is 0 Å². The van der Waals surface area contributed by atoms with Crippen molar-refractivity contribution in [2.75, 3.05) is 13.2 Å². The maximum Gasteiger partial charge on any atom is 0.106 e. The lowest BCUT2D eigenvalue weighted by Gasteiger charge is -2.37. The minimum Gasteiger partial charge on any atom is -0.395 e. The highest BCUT2D eigenvalue weighted by Crippen LogP contribution is 2.35. The van der Waals surface area contributed by atoms with E-state index in [1.54, 1.807) is 0 Å². The zero-order valence-corrected chi connectivity index (χ0v) is 9.79. The molecule has 2 N–H and O–H groups in total. The first-order valence-corrected chi connectivity index (χ1v) is 5.91. The number of nitriles is 1. The molecule has 0 spiro atoms. The Morgan fingerprint density at radius 1 is 1.47 bits per heavy atom. The lowest BCUT2D eigenvalue weighted by molar-refractivity contribution is 0.188. The molecular weight excluding hydrogens is 188 g/mol. The summed E-state index contributed by atoms with van der Waals surface area (Å²) < 4.78 is 0. The second-order valence-corrected chi connectivity index (χ2v) is 4.93. The number of nitrogens with one attached hydrogen (secondary N) is 1. The maximum absolute atomic E-state index is 9.20. The molecule has 0 amide bonds. The van der Waals surface area contributed by atoms with Crippen molar-refractivity contribution in [2.45, 2.75) is 45.1 Å². The molecule has 86 valence electrons. The molecule has 1 saturated carbocycles. The van der Waals surface area contributed by atoms with E-state index in [-0.39, 0.29) is 12.1 Å². The minimum absolute atomic E-state index is 0.108. The predicted molar refractivity (Wildman–Crippen MR) is 60.2 cm³/mol. The second kappa shape index (κ2) is 5.48. The monoisotopic (exact) mass is 210 g/mol. The van der Waals surface area contributed by atoms with Crippen LogP contribution in [0.25, 0.3) is 0 Å². The molecule has 0 saturated heterocycles. The fourth-order valence-electron chi connectivity index (χ4n) is 2.42. The van der Waals surface area contributed by atoms with Gasteiger partial charge in [0.15, 0.2) is 0 Å². The van der Waals surface area contributed by atoms with Crippen LogP contribution in [-0.2, 0) is 0 Å². The average Bonchev–Trinajstić information content (AvgIpc) is 2.27. The smallest absolute Gasteiger partial charge is 0.106 e. The molecule has 0 unspecified atom stereocenters. The van der Waals surface area contributed by atoms with Crippen molar-refractivity contribution < 1.29 is 5.11 Å². The Hall–Kier alpha value is -0.590. The van der Waals surface area contributed by atoms with Crippen molar-refractivity contribution in [1.82, 2.24) is 5.32 Å².